The van der Waals surface area contributed by atoms with Crippen LogP contribution < -0.4 is 10.6 Å². The highest BCUT2D eigenvalue weighted by atomic mass is 15.3. The monoisotopic (exact) mass is 246 g/mol. The molecular formula is C12H18N6. The number of nitrogens with one attached hydrogen (secondary N) is 2. The van der Waals surface area contributed by atoms with Gasteiger partial charge in [-0.15, -0.1) is 0 Å². The van der Waals surface area contributed by atoms with Gasteiger partial charge in [-0.1, -0.05) is 0 Å². The molecule has 0 amide bonds. The molecule has 0 aliphatic carbocycles. The topological polar surface area (TPSA) is 67.7 Å². The summed E-state index contributed by atoms with van der Waals surface area (Å²) in [7, 11) is 1.85. The number of hydrogen-bond donors (Lipinski definition) is 2. The lowest BCUT2D eigenvalue weighted by atomic mass is 10.4. The fourth-order valence-electron chi connectivity index (χ4n) is 1.68. The molecule has 0 saturated carbocycles. The van der Waals surface area contributed by atoms with Gasteiger partial charge in [-0.3, -0.25) is 4.68 Å². The summed E-state index contributed by atoms with van der Waals surface area (Å²) >= 11 is 0. The van der Waals surface area contributed by atoms with Crippen LogP contribution in [0.4, 0.5) is 11.6 Å². The average molecular weight is 246 g/mol. The van der Waals surface area contributed by atoms with Crippen LogP contribution in [-0.4, -0.2) is 33.3 Å². The van der Waals surface area contributed by atoms with E-state index in [9.17, 15) is 0 Å². The highest BCUT2D eigenvalue weighted by Crippen LogP contribution is 2.10. The largest absolute Gasteiger partial charge is 0.373 e. The molecule has 0 radical (unpaired) electrons. The van der Waals surface area contributed by atoms with Crippen LogP contribution in [-0.2, 0) is 6.54 Å². The minimum Gasteiger partial charge on any atom is -0.373 e. The molecule has 2 aromatic rings. The van der Waals surface area contributed by atoms with Crippen LogP contribution in [0.5, 0.6) is 0 Å². The molecule has 2 N–H and O–H groups in total. The average Bonchev–Trinajstić information content (AvgIpc) is 2.87. The summed E-state index contributed by atoms with van der Waals surface area (Å²) in [5.74, 6) is 2.45. The molecule has 6 heteroatoms. The van der Waals surface area contributed by atoms with Gasteiger partial charge in [0.1, 0.15) is 17.5 Å². The van der Waals surface area contributed by atoms with E-state index >= 15 is 0 Å². The van der Waals surface area contributed by atoms with Crippen LogP contribution in [0.15, 0.2) is 24.5 Å². The van der Waals surface area contributed by atoms with E-state index in [-0.39, 0.29) is 0 Å². The van der Waals surface area contributed by atoms with Crippen molar-refractivity contribution in [3.63, 3.8) is 0 Å². The molecular weight excluding hydrogens is 228 g/mol. The fourth-order valence-corrected chi connectivity index (χ4v) is 1.68. The third-order valence-electron chi connectivity index (χ3n) is 2.52. The molecule has 0 fully saturated rings. The zero-order chi connectivity index (χ0) is 12.8. The van der Waals surface area contributed by atoms with Crippen molar-refractivity contribution in [3.05, 3.63) is 30.4 Å². The number of aromatic nitrogens is 4. The molecule has 2 rings (SSSR count). The van der Waals surface area contributed by atoms with Crippen LogP contribution >= 0.6 is 0 Å². The Kier molecular flexibility index (Phi) is 4.11. The van der Waals surface area contributed by atoms with Crippen LogP contribution in [0.3, 0.4) is 0 Å². The van der Waals surface area contributed by atoms with E-state index in [0.717, 1.165) is 37.0 Å². The van der Waals surface area contributed by atoms with Crippen molar-refractivity contribution in [2.45, 2.75) is 19.9 Å². The summed E-state index contributed by atoms with van der Waals surface area (Å²) in [6, 6.07) is 3.83. The standard InChI is InChI=1S/C12H18N6/c1-10-16-11(13-2)9-12(17-10)14-5-3-7-18-8-4-6-15-18/h4,6,8-9H,3,5,7H2,1-2H3,(H2,13,14,16,17). The Morgan fingerprint density at radius 2 is 2.11 bits per heavy atom. The van der Waals surface area contributed by atoms with E-state index in [2.05, 4.69) is 25.7 Å². The first-order valence-corrected chi connectivity index (χ1v) is 6.02. The minimum absolute atomic E-state index is 0.761. The molecule has 0 bridgehead atoms. The van der Waals surface area contributed by atoms with E-state index in [4.69, 9.17) is 0 Å². The van der Waals surface area contributed by atoms with Crippen LogP contribution in [0.25, 0.3) is 0 Å². The molecule has 0 atom stereocenters. The summed E-state index contributed by atoms with van der Waals surface area (Å²) in [4.78, 5) is 8.58. The van der Waals surface area contributed by atoms with Crippen molar-refractivity contribution in [3.8, 4) is 0 Å². The molecule has 0 spiro atoms. The maximum atomic E-state index is 4.33. The SMILES string of the molecule is CNc1cc(NCCCn2cccn2)nc(C)n1. The van der Waals surface area contributed by atoms with Gasteiger partial charge in [-0.25, -0.2) is 9.97 Å². The lowest BCUT2D eigenvalue weighted by Gasteiger charge is -2.08. The minimum atomic E-state index is 0.761. The summed E-state index contributed by atoms with van der Waals surface area (Å²) in [5, 5.41) is 10.5. The summed E-state index contributed by atoms with van der Waals surface area (Å²) in [6.07, 6.45) is 4.76. The zero-order valence-electron chi connectivity index (χ0n) is 10.7. The molecule has 18 heavy (non-hydrogen) atoms. The number of aryl methyl sites for hydroxylation is 2. The molecule has 96 valence electrons. The van der Waals surface area contributed by atoms with Gasteiger partial charge in [-0.2, -0.15) is 5.10 Å². The van der Waals surface area contributed by atoms with Gasteiger partial charge in [0.2, 0.25) is 0 Å². The number of nitrogens with zero attached hydrogens (tertiary/aromatic N) is 4. The van der Waals surface area contributed by atoms with Crippen molar-refractivity contribution in [2.24, 2.45) is 0 Å². The highest BCUT2D eigenvalue weighted by molar-refractivity contribution is 5.46. The van der Waals surface area contributed by atoms with Crippen LogP contribution in [0.2, 0.25) is 0 Å². The van der Waals surface area contributed by atoms with E-state index in [1.807, 2.05) is 37.0 Å². The third-order valence-corrected chi connectivity index (χ3v) is 2.52. The Morgan fingerprint density at radius 3 is 2.83 bits per heavy atom. The van der Waals surface area contributed by atoms with Crippen molar-refractivity contribution in [1.82, 2.24) is 19.7 Å². The Labute approximate surface area is 106 Å². The Balaban J connectivity index is 1.81. The van der Waals surface area contributed by atoms with Gasteiger partial charge < -0.3 is 10.6 Å². The predicted octanol–water partition coefficient (Wildman–Crippen LogP) is 1.53. The van der Waals surface area contributed by atoms with Gasteiger partial charge in [0.15, 0.2) is 0 Å². The zero-order valence-corrected chi connectivity index (χ0v) is 10.7. The van der Waals surface area contributed by atoms with Gasteiger partial charge in [-0.05, 0) is 19.4 Å². The van der Waals surface area contributed by atoms with Crippen LogP contribution in [0, 0.1) is 6.92 Å². The summed E-state index contributed by atoms with van der Waals surface area (Å²) in [5.41, 5.74) is 0. The first kappa shape index (κ1) is 12.3. The smallest absolute Gasteiger partial charge is 0.131 e. The molecule has 0 unspecified atom stereocenters. The number of hydrogen-bond acceptors (Lipinski definition) is 5. The molecule has 0 saturated heterocycles. The van der Waals surface area contributed by atoms with E-state index in [0.29, 0.717) is 0 Å². The molecule has 0 aliphatic heterocycles. The molecule has 0 aliphatic rings. The molecule has 2 heterocycles. The Hall–Kier alpha value is -2.11. The van der Waals surface area contributed by atoms with E-state index in [1.165, 1.54) is 0 Å². The number of rotatable bonds is 6. The second-order valence-electron chi connectivity index (χ2n) is 3.99. The second-order valence-corrected chi connectivity index (χ2v) is 3.99. The van der Waals surface area contributed by atoms with Gasteiger partial charge in [0.25, 0.3) is 0 Å². The summed E-state index contributed by atoms with van der Waals surface area (Å²) in [6.45, 7) is 3.65. The van der Waals surface area contributed by atoms with Gasteiger partial charge in [0.05, 0.1) is 0 Å². The lowest BCUT2D eigenvalue weighted by Crippen LogP contribution is -2.09. The normalized spacial score (nSPS) is 10.3. The summed E-state index contributed by atoms with van der Waals surface area (Å²) < 4.78 is 1.92. The predicted molar refractivity (Wildman–Crippen MR) is 71.6 cm³/mol. The highest BCUT2D eigenvalue weighted by Gasteiger charge is 1.99. The maximum Gasteiger partial charge on any atom is 0.131 e. The Morgan fingerprint density at radius 1 is 1.28 bits per heavy atom. The molecule has 6 nitrogen and oxygen atoms in total. The fraction of sp³-hybridized carbons (Fsp3) is 0.417. The first-order valence-electron chi connectivity index (χ1n) is 6.02. The quantitative estimate of drug-likeness (QED) is 0.756. The number of anilines is 2. The van der Waals surface area contributed by atoms with E-state index in [1.54, 1.807) is 6.20 Å². The lowest BCUT2D eigenvalue weighted by molar-refractivity contribution is 0.591. The van der Waals surface area contributed by atoms with Crippen LogP contribution in [0.1, 0.15) is 12.2 Å². The van der Waals surface area contributed by atoms with Gasteiger partial charge in [0, 0.05) is 38.6 Å². The van der Waals surface area contributed by atoms with Crippen molar-refractivity contribution in [1.29, 1.82) is 0 Å². The Bertz CT molecular complexity index is 479. The first-order chi connectivity index (χ1) is 8.78. The van der Waals surface area contributed by atoms with Crippen molar-refractivity contribution in [2.75, 3.05) is 24.2 Å². The third kappa shape index (κ3) is 3.44. The van der Waals surface area contributed by atoms with Gasteiger partial charge >= 0.3 is 0 Å². The maximum absolute atomic E-state index is 4.33. The molecule has 0 aromatic carbocycles. The van der Waals surface area contributed by atoms with Crippen molar-refractivity contribution < 1.29 is 0 Å². The van der Waals surface area contributed by atoms with Crippen molar-refractivity contribution >= 4 is 11.6 Å². The van der Waals surface area contributed by atoms with E-state index < -0.39 is 0 Å². The second kappa shape index (κ2) is 6.00. The molecule has 2 aromatic heterocycles.